The number of anilines is 1. The van der Waals surface area contributed by atoms with E-state index in [1.165, 1.54) is 45.5 Å². The van der Waals surface area contributed by atoms with Gasteiger partial charge in [-0.2, -0.15) is 0 Å². The fraction of sp³-hybridized carbons (Fsp3) is 0.250. The number of hydrogen-bond acceptors (Lipinski definition) is 4. The lowest BCUT2D eigenvalue weighted by molar-refractivity contribution is 0.416. The lowest BCUT2D eigenvalue weighted by Gasteiger charge is -2.16. The summed E-state index contributed by atoms with van der Waals surface area (Å²) in [4.78, 5) is 0.107. The third kappa shape index (κ3) is 3.80. The molecule has 0 aliphatic heterocycles. The first-order chi connectivity index (χ1) is 11.3. The molecule has 0 radical (unpaired) electrons. The molecule has 0 aromatic heterocycles. The smallest absolute Gasteiger partial charge is 0.242 e. The van der Waals surface area contributed by atoms with Crippen LogP contribution in [0.15, 0.2) is 41.3 Å². The van der Waals surface area contributed by atoms with E-state index in [9.17, 15) is 12.8 Å². The zero-order valence-electron chi connectivity index (χ0n) is 13.5. The molecule has 2 aromatic rings. The van der Waals surface area contributed by atoms with Gasteiger partial charge in [0.25, 0.3) is 0 Å². The van der Waals surface area contributed by atoms with Crippen molar-refractivity contribution in [1.82, 2.24) is 4.31 Å². The highest BCUT2D eigenvalue weighted by atomic mass is 35.5. The standard InChI is InChI=1S/C16H18ClFN2O3S/c1-20(2)24(21,22)11-7-8-16(23-3)15(9-11)19-10-12-13(17)5-4-6-14(12)18/h4-9,19H,10H2,1-3H3. The van der Waals surface area contributed by atoms with E-state index in [4.69, 9.17) is 16.3 Å². The maximum Gasteiger partial charge on any atom is 0.242 e. The first-order valence-electron chi connectivity index (χ1n) is 7.04. The predicted molar refractivity (Wildman–Crippen MR) is 92.6 cm³/mol. The van der Waals surface area contributed by atoms with E-state index < -0.39 is 15.8 Å². The van der Waals surface area contributed by atoms with Crippen molar-refractivity contribution in [3.05, 3.63) is 52.8 Å². The van der Waals surface area contributed by atoms with Gasteiger partial charge < -0.3 is 10.1 Å². The number of benzene rings is 2. The summed E-state index contributed by atoms with van der Waals surface area (Å²) >= 11 is 6.00. The van der Waals surface area contributed by atoms with Gasteiger partial charge >= 0.3 is 0 Å². The van der Waals surface area contributed by atoms with Gasteiger partial charge in [-0.25, -0.2) is 17.1 Å². The molecule has 0 bridgehead atoms. The highest BCUT2D eigenvalue weighted by molar-refractivity contribution is 7.89. The number of ether oxygens (including phenoxy) is 1. The number of nitrogens with zero attached hydrogens (tertiary/aromatic N) is 1. The summed E-state index contributed by atoms with van der Waals surface area (Å²) in [6.45, 7) is 0.0906. The minimum atomic E-state index is -3.59. The molecule has 130 valence electrons. The topological polar surface area (TPSA) is 58.6 Å². The Morgan fingerprint density at radius 3 is 2.54 bits per heavy atom. The lowest BCUT2D eigenvalue weighted by Crippen LogP contribution is -2.22. The normalized spacial score (nSPS) is 11.6. The molecule has 2 aromatic carbocycles. The van der Waals surface area contributed by atoms with Gasteiger partial charge in [0.15, 0.2) is 0 Å². The van der Waals surface area contributed by atoms with Crippen LogP contribution in [0.25, 0.3) is 0 Å². The highest BCUT2D eigenvalue weighted by Gasteiger charge is 2.19. The molecule has 0 spiro atoms. The molecular formula is C16H18ClFN2O3S. The van der Waals surface area contributed by atoms with Crippen LogP contribution < -0.4 is 10.1 Å². The van der Waals surface area contributed by atoms with Crippen molar-refractivity contribution < 1.29 is 17.5 Å². The number of methoxy groups -OCH3 is 1. The van der Waals surface area contributed by atoms with Gasteiger partial charge in [-0.1, -0.05) is 17.7 Å². The van der Waals surface area contributed by atoms with Gasteiger partial charge in [-0.15, -0.1) is 0 Å². The monoisotopic (exact) mass is 372 g/mol. The molecular weight excluding hydrogens is 355 g/mol. The van der Waals surface area contributed by atoms with E-state index >= 15 is 0 Å². The second kappa shape index (κ2) is 7.38. The van der Waals surface area contributed by atoms with Crippen molar-refractivity contribution in [1.29, 1.82) is 0 Å². The van der Waals surface area contributed by atoms with Gasteiger partial charge in [0.1, 0.15) is 11.6 Å². The summed E-state index contributed by atoms with van der Waals surface area (Å²) < 4.78 is 44.7. The number of halogens is 2. The van der Waals surface area contributed by atoms with Crippen molar-refractivity contribution >= 4 is 27.3 Å². The molecule has 0 fully saturated rings. The van der Waals surface area contributed by atoms with E-state index in [-0.39, 0.29) is 11.4 Å². The minimum Gasteiger partial charge on any atom is -0.495 e. The molecule has 2 rings (SSSR count). The summed E-state index contributed by atoms with van der Waals surface area (Å²) in [6.07, 6.45) is 0. The average molecular weight is 373 g/mol. The molecule has 1 N–H and O–H groups in total. The number of hydrogen-bond donors (Lipinski definition) is 1. The predicted octanol–water partition coefficient (Wildman–Crippen LogP) is 3.35. The summed E-state index contributed by atoms with van der Waals surface area (Å²) in [5, 5.41) is 3.27. The summed E-state index contributed by atoms with van der Waals surface area (Å²) in [6, 6.07) is 8.87. The minimum absolute atomic E-state index is 0.0906. The third-order valence-corrected chi connectivity index (χ3v) is 5.63. The van der Waals surface area contributed by atoms with Gasteiger partial charge in [-0.05, 0) is 30.3 Å². The van der Waals surface area contributed by atoms with Gasteiger partial charge in [0.05, 0.1) is 17.7 Å². The molecule has 0 atom stereocenters. The SMILES string of the molecule is COc1ccc(S(=O)(=O)N(C)C)cc1NCc1c(F)cccc1Cl. The van der Waals surface area contributed by atoms with Gasteiger partial charge in [0.2, 0.25) is 10.0 Å². The molecule has 5 nitrogen and oxygen atoms in total. The fourth-order valence-electron chi connectivity index (χ4n) is 2.08. The fourth-order valence-corrected chi connectivity index (χ4v) is 3.24. The Morgan fingerprint density at radius 2 is 1.96 bits per heavy atom. The van der Waals surface area contributed by atoms with Crippen LogP contribution in [-0.2, 0) is 16.6 Å². The Hall–Kier alpha value is -1.83. The van der Waals surface area contributed by atoms with Crippen LogP contribution in [0.3, 0.4) is 0 Å². The van der Waals surface area contributed by atoms with Gasteiger partial charge in [-0.3, -0.25) is 0 Å². The first-order valence-corrected chi connectivity index (χ1v) is 8.86. The Balaban J connectivity index is 2.35. The number of rotatable bonds is 6. The van der Waals surface area contributed by atoms with Crippen LogP contribution in [0.2, 0.25) is 5.02 Å². The van der Waals surface area contributed by atoms with Crippen molar-refractivity contribution in [2.75, 3.05) is 26.5 Å². The summed E-state index contributed by atoms with van der Waals surface area (Å²) in [5.74, 6) is 0.00574. The van der Waals surface area contributed by atoms with E-state index in [0.29, 0.717) is 22.0 Å². The van der Waals surface area contributed by atoms with Crippen LogP contribution in [0.4, 0.5) is 10.1 Å². The number of nitrogens with one attached hydrogen (secondary N) is 1. The molecule has 24 heavy (non-hydrogen) atoms. The van der Waals surface area contributed by atoms with Crippen molar-refractivity contribution in [3.8, 4) is 5.75 Å². The average Bonchev–Trinajstić information content (AvgIpc) is 2.54. The largest absolute Gasteiger partial charge is 0.495 e. The molecule has 0 heterocycles. The van der Waals surface area contributed by atoms with Crippen LogP contribution in [0, 0.1) is 5.82 Å². The quantitative estimate of drug-likeness (QED) is 0.844. The van der Waals surface area contributed by atoms with E-state index in [1.807, 2.05) is 0 Å². The molecule has 0 saturated carbocycles. The van der Waals surface area contributed by atoms with Crippen LogP contribution in [-0.4, -0.2) is 33.9 Å². The van der Waals surface area contributed by atoms with Crippen molar-refractivity contribution in [2.45, 2.75) is 11.4 Å². The molecule has 0 aliphatic rings. The Labute approximate surface area is 146 Å². The van der Waals surface area contributed by atoms with Crippen LogP contribution >= 0.6 is 11.6 Å². The maximum atomic E-state index is 13.9. The lowest BCUT2D eigenvalue weighted by atomic mass is 10.2. The Kier molecular flexibility index (Phi) is 5.69. The van der Waals surface area contributed by atoms with Crippen molar-refractivity contribution in [2.24, 2.45) is 0 Å². The van der Waals surface area contributed by atoms with E-state index in [0.717, 1.165) is 4.31 Å². The van der Waals surface area contributed by atoms with E-state index in [2.05, 4.69) is 5.32 Å². The first kappa shape index (κ1) is 18.5. The summed E-state index contributed by atoms with van der Waals surface area (Å²) in [7, 11) is 0.783. The maximum absolute atomic E-state index is 13.9. The number of sulfonamides is 1. The second-order valence-corrected chi connectivity index (χ2v) is 7.76. The Morgan fingerprint density at radius 1 is 1.25 bits per heavy atom. The summed E-state index contributed by atoms with van der Waals surface area (Å²) in [5.41, 5.74) is 0.724. The van der Waals surface area contributed by atoms with Crippen LogP contribution in [0.1, 0.15) is 5.56 Å². The molecule has 0 unspecified atom stereocenters. The third-order valence-electron chi connectivity index (χ3n) is 3.47. The van der Waals surface area contributed by atoms with Crippen molar-refractivity contribution in [3.63, 3.8) is 0 Å². The highest BCUT2D eigenvalue weighted by Crippen LogP contribution is 2.30. The van der Waals surface area contributed by atoms with Crippen LogP contribution in [0.5, 0.6) is 5.75 Å². The zero-order chi connectivity index (χ0) is 17.9. The second-order valence-electron chi connectivity index (χ2n) is 5.20. The molecule has 0 amide bonds. The zero-order valence-corrected chi connectivity index (χ0v) is 15.1. The molecule has 0 saturated heterocycles. The molecule has 8 heteroatoms. The van der Waals surface area contributed by atoms with Gasteiger partial charge in [0, 0.05) is 31.2 Å². The Bertz CT molecular complexity index is 821. The molecule has 0 aliphatic carbocycles. The van der Waals surface area contributed by atoms with E-state index in [1.54, 1.807) is 12.1 Å².